The molecule has 0 heterocycles. The van der Waals surface area contributed by atoms with E-state index >= 15 is 0 Å². The summed E-state index contributed by atoms with van der Waals surface area (Å²) in [4.78, 5) is 10.4. The molecule has 0 saturated heterocycles. The molecule has 0 atom stereocenters. The second-order valence-electron chi connectivity index (χ2n) is 4.23. The highest BCUT2D eigenvalue weighted by molar-refractivity contribution is 6.30. The molecule has 0 N–H and O–H groups in total. The van der Waals surface area contributed by atoms with Gasteiger partial charge in [0.15, 0.2) is 0 Å². The van der Waals surface area contributed by atoms with Crippen LogP contribution in [0.3, 0.4) is 0 Å². The van der Waals surface area contributed by atoms with Crippen LogP contribution in [-0.2, 0) is 6.61 Å². The van der Waals surface area contributed by atoms with Gasteiger partial charge in [0.25, 0.3) is 5.69 Å². The van der Waals surface area contributed by atoms with Crippen molar-refractivity contribution in [2.24, 2.45) is 0 Å². The van der Waals surface area contributed by atoms with E-state index in [4.69, 9.17) is 16.3 Å². The first-order valence-electron chi connectivity index (χ1n) is 5.79. The number of nitro groups is 1. The van der Waals surface area contributed by atoms with Crippen molar-refractivity contribution in [1.82, 2.24) is 0 Å². The van der Waals surface area contributed by atoms with Gasteiger partial charge in [-0.05, 0) is 30.7 Å². The summed E-state index contributed by atoms with van der Waals surface area (Å²) in [7, 11) is 0. The minimum absolute atomic E-state index is 0.0562. The van der Waals surface area contributed by atoms with E-state index in [-0.39, 0.29) is 18.1 Å². The molecule has 0 spiro atoms. The summed E-state index contributed by atoms with van der Waals surface area (Å²) in [6.45, 7) is 1.58. The number of rotatable bonds is 4. The largest absolute Gasteiger partial charge is 0.489 e. The maximum absolute atomic E-state index is 13.4. The summed E-state index contributed by atoms with van der Waals surface area (Å²) in [5.41, 5.74) is 0.761. The summed E-state index contributed by atoms with van der Waals surface area (Å²) in [6, 6.07) is 8.65. The van der Waals surface area contributed by atoms with Gasteiger partial charge in [-0.2, -0.15) is 0 Å². The molecule has 2 aromatic rings. The molecule has 0 saturated carbocycles. The molecular weight excluding hydrogens is 285 g/mol. The van der Waals surface area contributed by atoms with Crippen molar-refractivity contribution >= 4 is 17.3 Å². The van der Waals surface area contributed by atoms with Gasteiger partial charge < -0.3 is 4.74 Å². The van der Waals surface area contributed by atoms with Crippen LogP contribution in [-0.4, -0.2) is 4.92 Å². The van der Waals surface area contributed by atoms with E-state index in [1.54, 1.807) is 19.1 Å². The number of nitro benzene ring substituents is 1. The highest BCUT2D eigenvalue weighted by Crippen LogP contribution is 2.25. The molecule has 2 aromatic carbocycles. The fraction of sp³-hybridized carbons (Fsp3) is 0.143. The fourth-order valence-corrected chi connectivity index (χ4v) is 1.87. The van der Waals surface area contributed by atoms with Crippen LogP contribution in [0.5, 0.6) is 5.75 Å². The minimum atomic E-state index is -0.509. The quantitative estimate of drug-likeness (QED) is 0.625. The van der Waals surface area contributed by atoms with Gasteiger partial charge in [0.1, 0.15) is 18.2 Å². The monoisotopic (exact) mass is 295 g/mol. The zero-order valence-electron chi connectivity index (χ0n) is 10.6. The van der Waals surface area contributed by atoms with Crippen molar-refractivity contribution in [3.63, 3.8) is 0 Å². The van der Waals surface area contributed by atoms with Gasteiger partial charge >= 0.3 is 0 Å². The predicted octanol–water partition coefficient (Wildman–Crippen LogP) is 4.27. The van der Waals surface area contributed by atoms with Crippen molar-refractivity contribution in [1.29, 1.82) is 0 Å². The standard InChI is InChI=1S/C14H11ClFNO3/c1-9-2-4-12(7-13(9)16)20-8-10-6-11(15)3-5-14(10)17(18)19/h2-7H,8H2,1H3. The Morgan fingerprint density at radius 3 is 2.70 bits per heavy atom. The Kier molecular flexibility index (Phi) is 4.20. The number of nitrogens with zero attached hydrogens (tertiary/aromatic N) is 1. The van der Waals surface area contributed by atoms with Crippen LogP contribution >= 0.6 is 11.6 Å². The normalized spacial score (nSPS) is 10.3. The highest BCUT2D eigenvalue weighted by Gasteiger charge is 2.14. The predicted molar refractivity (Wildman–Crippen MR) is 73.6 cm³/mol. The van der Waals surface area contributed by atoms with E-state index < -0.39 is 4.92 Å². The highest BCUT2D eigenvalue weighted by atomic mass is 35.5. The number of aryl methyl sites for hydroxylation is 1. The lowest BCUT2D eigenvalue weighted by Crippen LogP contribution is -2.01. The molecule has 0 amide bonds. The van der Waals surface area contributed by atoms with Crippen molar-refractivity contribution < 1.29 is 14.1 Å². The lowest BCUT2D eigenvalue weighted by Gasteiger charge is -2.08. The molecule has 20 heavy (non-hydrogen) atoms. The number of hydrogen-bond donors (Lipinski definition) is 0. The van der Waals surface area contributed by atoms with Gasteiger partial charge in [-0.3, -0.25) is 10.1 Å². The zero-order valence-corrected chi connectivity index (χ0v) is 11.4. The van der Waals surface area contributed by atoms with Crippen molar-refractivity contribution in [2.45, 2.75) is 13.5 Å². The topological polar surface area (TPSA) is 52.4 Å². The maximum Gasteiger partial charge on any atom is 0.276 e. The summed E-state index contributed by atoms with van der Waals surface area (Å²) in [5, 5.41) is 11.3. The van der Waals surface area contributed by atoms with Crippen LogP contribution in [0.1, 0.15) is 11.1 Å². The lowest BCUT2D eigenvalue weighted by molar-refractivity contribution is -0.385. The molecular formula is C14H11ClFNO3. The van der Waals surface area contributed by atoms with Crippen LogP contribution in [0.25, 0.3) is 0 Å². The van der Waals surface area contributed by atoms with Crippen molar-refractivity contribution in [3.05, 3.63) is 68.5 Å². The fourth-order valence-electron chi connectivity index (χ4n) is 1.67. The molecule has 2 rings (SSSR count). The van der Waals surface area contributed by atoms with Gasteiger partial charge in [-0.1, -0.05) is 17.7 Å². The molecule has 0 aliphatic carbocycles. The van der Waals surface area contributed by atoms with Crippen molar-refractivity contribution in [3.8, 4) is 5.75 Å². The Labute approximate surface area is 119 Å². The number of hydrogen-bond acceptors (Lipinski definition) is 3. The Bertz CT molecular complexity index is 661. The second kappa shape index (κ2) is 5.88. The Morgan fingerprint density at radius 1 is 1.30 bits per heavy atom. The van der Waals surface area contributed by atoms with Crippen molar-refractivity contribution in [2.75, 3.05) is 0 Å². The van der Waals surface area contributed by atoms with E-state index in [1.807, 2.05) is 0 Å². The minimum Gasteiger partial charge on any atom is -0.489 e. The molecule has 0 fully saturated rings. The smallest absolute Gasteiger partial charge is 0.276 e. The molecule has 6 heteroatoms. The molecule has 104 valence electrons. The van der Waals surface area contributed by atoms with Crippen LogP contribution in [0.2, 0.25) is 5.02 Å². The van der Waals surface area contributed by atoms with Crippen LogP contribution < -0.4 is 4.74 Å². The molecule has 4 nitrogen and oxygen atoms in total. The molecule has 0 radical (unpaired) electrons. The van der Waals surface area contributed by atoms with E-state index in [0.29, 0.717) is 21.9 Å². The number of halogens is 2. The average molecular weight is 296 g/mol. The lowest BCUT2D eigenvalue weighted by atomic mass is 10.2. The third-order valence-electron chi connectivity index (χ3n) is 2.78. The SMILES string of the molecule is Cc1ccc(OCc2cc(Cl)ccc2[N+](=O)[O-])cc1F. The summed E-state index contributed by atoms with van der Waals surface area (Å²) < 4.78 is 18.7. The first-order chi connectivity index (χ1) is 9.47. The molecule has 0 bridgehead atoms. The van der Waals surface area contributed by atoms with E-state index in [1.165, 1.54) is 24.3 Å². The first kappa shape index (κ1) is 14.3. The number of ether oxygens (including phenoxy) is 1. The second-order valence-corrected chi connectivity index (χ2v) is 4.67. The van der Waals surface area contributed by atoms with E-state index in [2.05, 4.69) is 0 Å². The Morgan fingerprint density at radius 2 is 2.05 bits per heavy atom. The summed E-state index contributed by atoms with van der Waals surface area (Å²) in [5.74, 6) is -0.0783. The van der Waals surface area contributed by atoms with E-state index in [9.17, 15) is 14.5 Å². The third-order valence-corrected chi connectivity index (χ3v) is 3.01. The maximum atomic E-state index is 13.4. The van der Waals surface area contributed by atoms with Gasteiger partial charge in [-0.15, -0.1) is 0 Å². The average Bonchev–Trinajstić information content (AvgIpc) is 2.40. The van der Waals surface area contributed by atoms with Gasteiger partial charge in [0.05, 0.1) is 10.5 Å². The van der Waals surface area contributed by atoms with Gasteiger partial charge in [-0.25, -0.2) is 4.39 Å². The molecule has 0 aromatic heterocycles. The molecule has 0 unspecified atom stereocenters. The zero-order chi connectivity index (χ0) is 14.7. The number of benzene rings is 2. The van der Waals surface area contributed by atoms with Crippen LogP contribution in [0.4, 0.5) is 10.1 Å². The van der Waals surface area contributed by atoms with Crippen LogP contribution in [0.15, 0.2) is 36.4 Å². The van der Waals surface area contributed by atoms with Crippen LogP contribution in [0, 0.1) is 22.9 Å². The summed E-state index contributed by atoms with van der Waals surface area (Å²) >= 11 is 5.81. The molecule has 0 aliphatic rings. The van der Waals surface area contributed by atoms with E-state index in [0.717, 1.165) is 0 Å². The Hall–Kier alpha value is -2.14. The third kappa shape index (κ3) is 3.24. The Balaban J connectivity index is 2.20. The van der Waals surface area contributed by atoms with Gasteiger partial charge in [0.2, 0.25) is 0 Å². The first-order valence-corrected chi connectivity index (χ1v) is 6.17. The summed E-state index contributed by atoms with van der Waals surface area (Å²) in [6.07, 6.45) is 0. The molecule has 0 aliphatic heterocycles. The van der Waals surface area contributed by atoms with Gasteiger partial charge in [0, 0.05) is 17.2 Å².